The molecule has 3 heteroatoms. The second-order valence-corrected chi connectivity index (χ2v) is 6.82. The van der Waals surface area contributed by atoms with E-state index >= 15 is 0 Å². The molecule has 3 aliphatic rings. The van der Waals surface area contributed by atoms with Crippen LogP contribution in [0.4, 0.5) is 0 Å². The molecule has 3 fully saturated rings. The summed E-state index contributed by atoms with van der Waals surface area (Å²) in [5, 5.41) is 10.3. The quantitative estimate of drug-likeness (QED) is 0.852. The number of hydrogen-bond donors (Lipinski definition) is 1. The lowest BCUT2D eigenvalue weighted by Gasteiger charge is -2.42. The molecular formula is C16H29NO2. The summed E-state index contributed by atoms with van der Waals surface area (Å²) in [6, 6.07) is 0.642. The zero-order chi connectivity index (χ0) is 13.2. The molecule has 0 radical (unpaired) electrons. The van der Waals surface area contributed by atoms with E-state index in [9.17, 15) is 5.11 Å². The Bertz CT molecular complexity index is 296. The van der Waals surface area contributed by atoms with Gasteiger partial charge in [0.15, 0.2) is 0 Å². The first kappa shape index (κ1) is 13.8. The first-order valence-corrected chi connectivity index (χ1v) is 8.31. The van der Waals surface area contributed by atoms with Crippen LogP contribution < -0.4 is 0 Å². The summed E-state index contributed by atoms with van der Waals surface area (Å²) in [6.07, 6.45) is 9.02. The van der Waals surface area contributed by atoms with Gasteiger partial charge in [-0.2, -0.15) is 0 Å². The van der Waals surface area contributed by atoms with E-state index in [1.807, 2.05) is 0 Å². The minimum absolute atomic E-state index is 0.0644. The average molecular weight is 267 g/mol. The van der Waals surface area contributed by atoms with Crippen LogP contribution in [0.25, 0.3) is 0 Å². The third kappa shape index (κ3) is 2.98. The molecule has 0 aromatic heterocycles. The highest BCUT2D eigenvalue weighted by atomic mass is 16.5. The Hall–Kier alpha value is -0.120. The number of fused-ring (bicyclic) bond motifs is 1. The maximum Gasteiger partial charge on any atom is 0.0730 e. The van der Waals surface area contributed by atoms with Crippen molar-refractivity contribution >= 4 is 0 Å². The minimum atomic E-state index is -0.0644. The SMILES string of the molecule is CCC1CCC(O)C(CN2CCOC3CCCC32)C1. The third-order valence-electron chi connectivity index (χ3n) is 5.69. The summed E-state index contributed by atoms with van der Waals surface area (Å²) < 4.78 is 5.89. The van der Waals surface area contributed by atoms with Gasteiger partial charge in [-0.05, 0) is 50.4 Å². The largest absolute Gasteiger partial charge is 0.393 e. The maximum atomic E-state index is 10.3. The number of morpholine rings is 1. The number of nitrogens with zero attached hydrogens (tertiary/aromatic N) is 1. The predicted octanol–water partition coefficient (Wildman–Crippen LogP) is 2.43. The summed E-state index contributed by atoms with van der Waals surface area (Å²) in [5.74, 6) is 1.34. The van der Waals surface area contributed by atoms with Crippen LogP contribution in [0.3, 0.4) is 0 Å². The zero-order valence-corrected chi connectivity index (χ0v) is 12.3. The Kier molecular flexibility index (Phi) is 4.45. The smallest absolute Gasteiger partial charge is 0.0730 e. The van der Waals surface area contributed by atoms with Crippen LogP contribution in [0, 0.1) is 11.8 Å². The highest BCUT2D eigenvalue weighted by Gasteiger charge is 2.38. The second kappa shape index (κ2) is 6.11. The Labute approximate surface area is 117 Å². The number of hydrogen-bond acceptors (Lipinski definition) is 3. The van der Waals surface area contributed by atoms with Crippen molar-refractivity contribution in [3.8, 4) is 0 Å². The Morgan fingerprint density at radius 2 is 2.11 bits per heavy atom. The molecular weight excluding hydrogens is 238 g/mol. The van der Waals surface area contributed by atoms with Crippen LogP contribution >= 0.6 is 0 Å². The molecule has 110 valence electrons. The van der Waals surface area contributed by atoms with Crippen LogP contribution in [0.5, 0.6) is 0 Å². The molecule has 0 spiro atoms. The number of rotatable bonds is 3. The van der Waals surface area contributed by atoms with Gasteiger partial charge in [0.05, 0.1) is 18.8 Å². The average Bonchev–Trinajstić information content (AvgIpc) is 2.90. The highest BCUT2D eigenvalue weighted by Crippen LogP contribution is 2.35. The predicted molar refractivity (Wildman–Crippen MR) is 76.1 cm³/mol. The van der Waals surface area contributed by atoms with Crippen molar-refractivity contribution in [1.82, 2.24) is 4.90 Å². The topological polar surface area (TPSA) is 32.7 Å². The molecule has 0 bridgehead atoms. The fourth-order valence-corrected chi connectivity index (χ4v) is 4.45. The lowest BCUT2D eigenvalue weighted by Crippen LogP contribution is -2.51. The van der Waals surface area contributed by atoms with Gasteiger partial charge in [0.25, 0.3) is 0 Å². The monoisotopic (exact) mass is 267 g/mol. The van der Waals surface area contributed by atoms with Crippen LogP contribution in [-0.2, 0) is 4.74 Å². The van der Waals surface area contributed by atoms with E-state index in [-0.39, 0.29) is 6.10 Å². The second-order valence-electron chi connectivity index (χ2n) is 6.82. The molecule has 3 nitrogen and oxygen atoms in total. The van der Waals surface area contributed by atoms with E-state index in [4.69, 9.17) is 4.74 Å². The van der Waals surface area contributed by atoms with E-state index in [2.05, 4.69) is 11.8 Å². The van der Waals surface area contributed by atoms with Crippen molar-refractivity contribution in [2.75, 3.05) is 19.7 Å². The molecule has 2 aliphatic carbocycles. The molecule has 1 aliphatic heterocycles. The van der Waals surface area contributed by atoms with Crippen molar-refractivity contribution in [2.24, 2.45) is 11.8 Å². The van der Waals surface area contributed by atoms with Crippen molar-refractivity contribution in [2.45, 2.75) is 70.1 Å². The van der Waals surface area contributed by atoms with E-state index in [1.54, 1.807) is 0 Å². The van der Waals surface area contributed by atoms with E-state index < -0.39 is 0 Å². The lowest BCUT2D eigenvalue weighted by molar-refractivity contribution is -0.0727. The van der Waals surface area contributed by atoms with E-state index in [1.165, 1.54) is 38.5 Å². The maximum absolute atomic E-state index is 10.3. The summed E-state index contributed by atoms with van der Waals surface area (Å²) in [7, 11) is 0. The third-order valence-corrected chi connectivity index (χ3v) is 5.69. The first-order chi connectivity index (χ1) is 9.28. The van der Waals surface area contributed by atoms with Gasteiger partial charge >= 0.3 is 0 Å². The van der Waals surface area contributed by atoms with Gasteiger partial charge in [0.1, 0.15) is 0 Å². The van der Waals surface area contributed by atoms with Crippen molar-refractivity contribution in [3.05, 3.63) is 0 Å². The lowest BCUT2D eigenvalue weighted by atomic mass is 9.78. The molecule has 0 aromatic rings. The van der Waals surface area contributed by atoms with Gasteiger partial charge in [0, 0.05) is 19.1 Å². The van der Waals surface area contributed by atoms with E-state index in [0.717, 1.165) is 32.0 Å². The van der Waals surface area contributed by atoms with Crippen molar-refractivity contribution in [1.29, 1.82) is 0 Å². The summed E-state index contributed by atoms with van der Waals surface area (Å²) >= 11 is 0. The molecule has 5 unspecified atom stereocenters. The molecule has 3 rings (SSSR count). The Morgan fingerprint density at radius 1 is 1.21 bits per heavy atom. The molecule has 19 heavy (non-hydrogen) atoms. The van der Waals surface area contributed by atoms with Crippen LogP contribution in [0.15, 0.2) is 0 Å². The molecule has 2 saturated carbocycles. The minimum Gasteiger partial charge on any atom is -0.393 e. The fraction of sp³-hybridized carbons (Fsp3) is 1.00. The molecule has 1 N–H and O–H groups in total. The standard InChI is InChI=1S/C16H29NO2/c1-2-12-6-7-15(18)13(10-12)11-17-8-9-19-16-5-3-4-14(16)17/h12-16,18H,2-11H2,1H3. The summed E-state index contributed by atoms with van der Waals surface area (Å²) in [4.78, 5) is 2.63. The van der Waals surface area contributed by atoms with Crippen LogP contribution in [0.1, 0.15) is 51.9 Å². The summed E-state index contributed by atoms with van der Waals surface area (Å²) in [5.41, 5.74) is 0. The fourth-order valence-electron chi connectivity index (χ4n) is 4.45. The normalized spacial score (nSPS) is 44.2. The van der Waals surface area contributed by atoms with Crippen molar-refractivity contribution in [3.63, 3.8) is 0 Å². The van der Waals surface area contributed by atoms with Crippen molar-refractivity contribution < 1.29 is 9.84 Å². The molecule has 1 saturated heterocycles. The van der Waals surface area contributed by atoms with Crippen LogP contribution in [-0.4, -0.2) is 48.0 Å². The van der Waals surface area contributed by atoms with E-state index in [0.29, 0.717) is 18.1 Å². The van der Waals surface area contributed by atoms with Gasteiger partial charge < -0.3 is 9.84 Å². The molecule has 1 heterocycles. The van der Waals surface area contributed by atoms with Gasteiger partial charge in [-0.1, -0.05) is 13.3 Å². The number of aliphatic hydroxyl groups is 1. The summed E-state index contributed by atoms with van der Waals surface area (Å²) in [6.45, 7) is 5.35. The molecule has 0 amide bonds. The Balaban J connectivity index is 1.59. The van der Waals surface area contributed by atoms with Gasteiger partial charge in [-0.15, -0.1) is 0 Å². The molecule has 0 aromatic carbocycles. The highest BCUT2D eigenvalue weighted by molar-refractivity contribution is 4.91. The van der Waals surface area contributed by atoms with Gasteiger partial charge in [0.2, 0.25) is 0 Å². The number of ether oxygens (including phenoxy) is 1. The van der Waals surface area contributed by atoms with Gasteiger partial charge in [-0.25, -0.2) is 0 Å². The molecule has 5 atom stereocenters. The van der Waals surface area contributed by atoms with Gasteiger partial charge in [-0.3, -0.25) is 4.90 Å². The van der Waals surface area contributed by atoms with Crippen LogP contribution in [0.2, 0.25) is 0 Å². The Morgan fingerprint density at radius 3 is 2.95 bits per heavy atom. The number of aliphatic hydroxyl groups excluding tert-OH is 1. The zero-order valence-electron chi connectivity index (χ0n) is 12.3. The first-order valence-electron chi connectivity index (χ1n) is 8.31.